The molecule has 0 amide bonds. The first-order valence-corrected chi connectivity index (χ1v) is 17.0. The number of aliphatic hydroxyl groups excluding tert-OH is 2. The predicted octanol–water partition coefficient (Wildman–Crippen LogP) is 2.78. The molecule has 3 fully saturated rings. The van der Waals surface area contributed by atoms with Crippen LogP contribution >= 0.6 is 0 Å². The van der Waals surface area contributed by atoms with E-state index in [1.54, 1.807) is 38.1 Å². The molecule has 3 aliphatic rings. The zero-order valence-electron chi connectivity index (χ0n) is 29.8. The van der Waals surface area contributed by atoms with Crippen LogP contribution in [0.15, 0.2) is 72.8 Å². The van der Waals surface area contributed by atoms with Gasteiger partial charge >= 0.3 is 23.9 Å². The molecule has 0 bridgehead atoms. The molecule has 52 heavy (non-hydrogen) atoms. The Hall–Kier alpha value is -4.72. The topological polar surface area (TPSA) is 200 Å². The molecule has 13 nitrogen and oxygen atoms in total. The van der Waals surface area contributed by atoms with E-state index in [4.69, 9.17) is 18.9 Å². The minimum Gasteiger partial charge on any atom is -0.459 e. The average molecular weight is 721 g/mol. The predicted molar refractivity (Wildman–Crippen MR) is 181 cm³/mol. The number of aliphatic hydroxyl groups is 3. The van der Waals surface area contributed by atoms with E-state index < -0.39 is 112 Å². The molecule has 3 saturated carbocycles. The molecule has 11 atom stereocenters. The summed E-state index contributed by atoms with van der Waals surface area (Å²) in [5.74, 6) is -9.88. The van der Waals surface area contributed by atoms with Crippen molar-refractivity contribution >= 4 is 35.4 Å². The van der Waals surface area contributed by atoms with Crippen molar-refractivity contribution in [3.05, 3.63) is 83.9 Å². The van der Waals surface area contributed by atoms with Crippen molar-refractivity contribution < 1.29 is 63.0 Å². The van der Waals surface area contributed by atoms with Gasteiger partial charge in [0.1, 0.15) is 23.9 Å². The molecule has 3 aliphatic carbocycles. The molecule has 3 N–H and O–H groups in total. The number of benzene rings is 2. The number of Topliss-reactive ketones (excluding diaryl/α,β-unsaturated/α-hetero) is 2. The molecule has 0 heterocycles. The maximum absolute atomic E-state index is 15.0. The third kappa shape index (κ3) is 6.57. The van der Waals surface area contributed by atoms with E-state index in [2.05, 4.69) is 6.58 Å². The lowest BCUT2D eigenvalue weighted by atomic mass is 9.70. The Bertz CT molecular complexity index is 1770. The molecule has 278 valence electrons. The summed E-state index contributed by atoms with van der Waals surface area (Å²) < 4.78 is 23.2. The van der Waals surface area contributed by atoms with Crippen molar-refractivity contribution in [2.75, 3.05) is 0 Å². The van der Waals surface area contributed by atoms with Crippen molar-refractivity contribution in [3.8, 4) is 0 Å². The molecule has 0 aromatic heterocycles. The summed E-state index contributed by atoms with van der Waals surface area (Å²) >= 11 is 0. The fraction of sp³-hybridized carbons (Fsp3) is 0.487. The SMILES string of the molecule is C=C1C(OC(=O)c2ccccc2)C(O)C(=O)C(C)(C)C2CC2C(C)C(=O)C2(OC(C)=O)C(C1OC(=O)c1ccccc1)C(OC(C)=O)C(C)(O)C2O. The minimum absolute atomic E-state index is 0.0232. The maximum atomic E-state index is 15.0. The van der Waals surface area contributed by atoms with Crippen LogP contribution in [0.2, 0.25) is 0 Å². The van der Waals surface area contributed by atoms with E-state index in [1.165, 1.54) is 43.3 Å². The number of carbonyl (C=O) groups excluding carboxylic acids is 6. The Labute approximate surface area is 300 Å². The fourth-order valence-electron chi connectivity index (χ4n) is 8.07. The zero-order chi connectivity index (χ0) is 38.5. The van der Waals surface area contributed by atoms with E-state index in [1.807, 2.05) is 0 Å². The van der Waals surface area contributed by atoms with Crippen molar-refractivity contribution in [2.24, 2.45) is 29.1 Å². The normalized spacial score (nSPS) is 35.5. The molecule has 13 heteroatoms. The standard InChI is InChI=1S/C39H44O13/c1-19-25-18-26(25)37(5,6)32(44)28(42)30(51-35(46)24-16-12-9-13-17-24)20(2)29(50-34(45)23-14-10-8-11-15-23)27-33(49-21(3)40)38(7,48)36(47)39(27,31(19)43)52-22(4)41/h8-17,19,25-30,33,36,42,47-48H,2,18H2,1,3-7H3. The smallest absolute Gasteiger partial charge is 0.338 e. The summed E-state index contributed by atoms with van der Waals surface area (Å²) in [6.07, 6.45) is -10.1. The van der Waals surface area contributed by atoms with Crippen LogP contribution in [0.3, 0.4) is 0 Å². The van der Waals surface area contributed by atoms with Crippen LogP contribution in [0, 0.1) is 29.1 Å². The number of esters is 4. The molecule has 11 unspecified atom stereocenters. The highest BCUT2D eigenvalue weighted by Crippen LogP contribution is 2.59. The van der Waals surface area contributed by atoms with Crippen LogP contribution in [0.25, 0.3) is 0 Å². The third-order valence-corrected chi connectivity index (χ3v) is 10.9. The Kier molecular flexibility index (Phi) is 10.4. The van der Waals surface area contributed by atoms with Gasteiger partial charge < -0.3 is 34.3 Å². The number of ketones is 2. The lowest BCUT2D eigenvalue weighted by Crippen LogP contribution is -2.62. The monoisotopic (exact) mass is 720 g/mol. The van der Waals surface area contributed by atoms with Crippen LogP contribution in [0.4, 0.5) is 0 Å². The van der Waals surface area contributed by atoms with Crippen LogP contribution in [0.5, 0.6) is 0 Å². The van der Waals surface area contributed by atoms with Crippen LogP contribution in [-0.4, -0.2) is 92.5 Å². The van der Waals surface area contributed by atoms with Gasteiger partial charge in [0.25, 0.3) is 0 Å². The Balaban J connectivity index is 1.82. The summed E-state index contributed by atoms with van der Waals surface area (Å²) in [5.41, 5.74) is -7.15. The van der Waals surface area contributed by atoms with Gasteiger partial charge in [-0.3, -0.25) is 19.2 Å². The second-order valence-corrected chi connectivity index (χ2v) is 14.7. The number of fused-ring (bicyclic) bond motifs is 2. The van der Waals surface area contributed by atoms with Crippen LogP contribution in [-0.2, 0) is 38.1 Å². The van der Waals surface area contributed by atoms with Crippen molar-refractivity contribution in [1.29, 1.82) is 0 Å². The maximum Gasteiger partial charge on any atom is 0.338 e. The van der Waals surface area contributed by atoms with E-state index in [0.717, 1.165) is 20.8 Å². The van der Waals surface area contributed by atoms with Crippen LogP contribution < -0.4 is 0 Å². The Morgan fingerprint density at radius 3 is 1.75 bits per heavy atom. The van der Waals surface area contributed by atoms with Gasteiger partial charge in [0, 0.05) is 30.8 Å². The zero-order valence-corrected chi connectivity index (χ0v) is 29.8. The molecule has 5 rings (SSSR count). The summed E-state index contributed by atoms with van der Waals surface area (Å²) in [6, 6.07) is 15.1. The third-order valence-electron chi connectivity index (χ3n) is 10.9. The van der Waals surface area contributed by atoms with Gasteiger partial charge in [0.15, 0.2) is 23.8 Å². The molecule has 0 radical (unpaired) electrons. The first-order valence-electron chi connectivity index (χ1n) is 17.0. The summed E-state index contributed by atoms with van der Waals surface area (Å²) in [4.78, 5) is 82.4. The second-order valence-electron chi connectivity index (χ2n) is 14.7. The van der Waals surface area contributed by atoms with Gasteiger partial charge in [-0.1, -0.05) is 63.7 Å². The summed E-state index contributed by atoms with van der Waals surface area (Å²) in [5, 5.41) is 35.9. The van der Waals surface area contributed by atoms with E-state index in [0.29, 0.717) is 6.42 Å². The number of rotatable bonds is 6. The molecule has 2 aromatic carbocycles. The largest absolute Gasteiger partial charge is 0.459 e. The number of ether oxygens (including phenoxy) is 4. The van der Waals surface area contributed by atoms with E-state index in [9.17, 15) is 44.1 Å². The Morgan fingerprint density at radius 1 is 0.769 bits per heavy atom. The number of carbonyl (C=O) groups is 6. The first kappa shape index (κ1) is 38.5. The summed E-state index contributed by atoms with van der Waals surface area (Å²) in [6.45, 7) is 11.7. The minimum atomic E-state index is -2.78. The number of hydrogen-bond donors (Lipinski definition) is 3. The van der Waals surface area contributed by atoms with E-state index >= 15 is 0 Å². The fourth-order valence-corrected chi connectivity index (χ4v) is 8.07. The molecule has 0 aliphatic heterocycles. The van der Waals surface area contributed by atoms with Crippen molar-refractivity contribution in [2.45, 2.75) is 89.7 Å². The van der Waals surface area contributed by atoms with Crippen molar-refractivity contribution in [3.63, 3.8) is 0 Å². The molecule has 2 aromatic rings. The molecular formula is C39H44O13. The van der Waals surface area contributed by atoms with Gasteiger partial charge in [0.2, 0.25) is 5.60 Å². The van der Waals surface area contributed by atoms with Gasteiger partial charge in [0.05, 0.1) is 17.0 Å². The highest BCUT2D eigenvalue weighted by atomic mass is 16.6. The molecule has 0 spiro atoms. The van der Waals surface area contributed by atoms with Gasteiger partial charge in [-0.15, -0.1) is 0 Å². The van der Waals surface area contributed by atoms with Gasteiger partial charge in [-0.05, 0) is 49.4 Å². The first-order chi connectivity index (χ1) is 24.3. The molecule has 0 saturated heterocycles. The lowest BCUT2D eigenvalue weighted by Gasteiger charge is -2.43. The van der Waals surface area contributed by atoms with Gasteiger partial charge in [-0.25, -0.2) is 9.59 Å². The average Bonchev–Trinajstić information content (AvgIpc) is 3.90. The van der Waals surface area contributed by atoms with E-state index in [-0.39, 0.29) is 11.1 Å². The summed E-state index contributed by atoms with van der Waals surface area (Å²) in [7, 11) is 0. The second kappa shape index (κ2) is 14.0. The quantitative estimate of drug-likeness (QED) is 0.224. The lowest BCUT2D eigenvalue weighted by molar-refractivity contribution is -0.196. The highest BCUT2D eigenvalue weighted by molar-refractivity contribution is 5.96. The van der Waals surface area contributed by atoms with Gasteiger partial charge in [-0.2, -0.15) is 0 Å². The van der Waals surface area contributed by atoms with Crippen molar-refractivity contribution in [1.82, 2.24) is 0 Å². The van der Waals surface area contributed by atoms with Crippen LogP contribution in [0.1, 0.15) is 68.7 Å². The highest BCUT2D eigenvalue weighted by Gasteiger charge is 2.77. The Morgan fingerprint density at radius 2 is 1.27 bits per heavy atom. The molecular weight excluding hydrogens is 676 g/mol. The number of hydrogen-bond acceptors (Lipinski definition) is 13.